The third-order valence-corrected chi connectivity index (χ3v) is 8.05. The Hall–Kier alpha value is -3.27. The normalized spacial score (nSPS) is 12.0. The first-order valence-electron chi connectivity index (χ1n) is 13.3. The lowest BCUT2D eigenvalue weighted by Gasteiger charge is -2.32. The van der Waals surface area contributed by atoms with Crippen molar-refractivity contribution in [3.05, 3.63) is 48.6 Å². The maximum absolute atomic E-state index is 12.6. The van der Waals surface area contributed by atoms with Gasteiger partial charge in [-0.05, 0) is 100.0 Å². The van der Waals surface area contributed by atoms with Gasteiger partial charge in [-0.15, -0.1) is 0 Å². The van der Waals surface area contributed by atoms with Crippen LogP contribution in [0.2, 0.25) is 0 Å². The molecule has 15 nitrogen and oxygen atoms in total. The molecule has 0 bridgehead atoms. The van der Waals surface area contributed by atoms with E-state index in [9.17, 15) is 54.6 Å². The molecule has 0 aliphatic heterocycles. The number of hydrogen-bond acceptors (Lipinski definition) is 10. The Labute approximate surface area is 285 Å². The molecular formula is C28H33I2N3O12. The topological polar surface area (TPSA) is 226 Å². The first kappa shape index (κ1) is 37.9. The second kappa shape index (κ2) is 18.0. The molecule has 0 saturated heterocycles. The number of halogens is 2. The second-order valence-corrected chi connectivity index (χ2v) is 12.4. The van der Waals surface area contributed by atoms with Crippen LogP contribution in [0.15, 0.2) is 30.3 Å². The van der Waals surface area contributed by atoms with Gasteiger partial charge in [0.05, 0.1) is 33.3 Å². The van der Waals surface area contributed by atoms with Gasteiger partial charge in [0, 0.05) is 26.2 Å². The number of aromatic hydroxyl groups is 1. The third-order valence-electron chi connectivity index (χ3n) is 6.44. The van der Waals surface area contributed by atoms with Crippen molar-refractivity contribution in [1.29, 1.82) is 0 Å². The second-order valence-electron chi connectivity index (χ2n) is 10.0. The minimum atomic E-state index is -1.28. The molecule has 2 aromatic rings. The monoisotopic (exact) mass is 857 g/mol. The highest BCUT2D eigenvalue weighted by Crippen LogP contribution is 2.34. The molecule has 0 fully saturated rings. The van der Waals surface area contributed by atoms with Crippen molar-refractivity contribution in [2.45, 2.75) is 19.4 Å². The molecule has 0 aliphatic carbocycles. The van der Waals surface area contributed by atoms with Crippen molar-refractivity contribution in [2.24, 2.45) is 0 Å². The summed E-state index contributed by atoms with van der Waals surface area (Å²) in [7, 11) is 0. The fourth-order valence-corrected chi connectivity index (χ4v) is 6.51. The van der Waals surface area contributed by atoms with Crippen LogP contribution in [0.4, 0.5) is 0 Å². The van der Waals surface area contributed by atoms with Gasteiger partial charge in [0.25, 0.3) is 0 Å². The Morgan fingerprint density at radius 3 is 1.56 bits per heavy atom. The molecule has 0 aliphatic rings. The highest BCUT2D eigenvalue weighted by atomic mass is 127. The lowest BCUT2D eigenvalue weighted by molar-refractivity contribution is -0.146. The first-order chi connectivity index (χ1) is 21.0. The molecule has 6 N–H and O–H groups in total. The molecule has 2 aromatic carbocycles. The zero-order valence-corrected chi connectivity index (χ0v) is 28.4. The number of aliphatic carboxylic acids is 5. The number of hydrogen-bond donors (Lipinski definition) is 6. The summed E-state index contributed by atoms with van der Waals surface area (Å²) in [5, 5.41) is 56.9. The van der Waals surface area contributed by atoms with Gasteiger partial charge in [-0.1, -0.05) is 0 Å². The summed E-state index contributed by atoms with van der Waals surface area (Å²) >= 11 is 4.11. The van der Waals surface area contributed by atoms with Crippen LogP contribution in [0.3, 0.4) is 0 Å². The highest BCUT2D eigenvalue weighted by molar-refractivity contribution is 14.1. The highest BCUT2D eigenvalue weighted by Gasteiger charge is 2.29. The molecule has 45 heavy (non-hydrogen) atoms. The average Bonchev–Trinajstić information content (AvgIpc) is 2.90. The summed E-state index contributed by atoms with van der Waals surface area (Å²) in [5.74, 6) is -5.23. The van der Waals surface area contributed by atoms with E-state index in [1.807, 2.05) is 0 Å². The summed E-state index contributed by atoms with van der Waals surface area (Å²) in [5.41, 5.74) is 1.23. The number of ether oxygens (including phenoxy) is 1. The predicted molar refractivity (Wildman–Crippen MR) is 175 cm³/mol. The molecule has 246 valence electrons. The van der Waals surface area contributed by atoms with E-state index in [1.165, 1.54) is 11.0 Å². The van der Waals surface area contributed by atoms with E-state index < -0.39 is 62.1 Å². The van der Waals surface area contributed by atoms with Crippen LogP contribution >= 0.6 is 45.2 Å². The molecule has 17 heteroatoms. The SMILES string of the molecule is Cc1cc(Oc2c(I)cc(CC(C(=O)O)N(CCN(CC(=O)O)CC(=O)O)CCN(CC(=O)O)CC(=O)O)cc2I)ccc1O. The Bertz CT molecular complexity index is 1310. The van der Waals surface area contributed by atoms with Gasteiger partial charge in [0.1, 0.15) is 17.5 Å². The number of aryl methyl sites for hydroxylation is 1. The molecule has 0 saturated carbocycles. The van der Waals surface area contributed by atoms with Crippen molar-refractivity contribution >= 4 is 75.0 Å². The number of benzene rings is 2. The number of phenols is 1. The number of carboxylic acids is 5. The fraction of sp³-hybridized carbons (Fsp3) is 0.393. The molecule has 2 rings (SSSR count). The number of carbonyl (C=O) groups is 5. The van der Waals surface area contributed by atoms with E-state index in [1.54, 1.807) is 31.2 Å². The fourth-order valence-electron chi connectivity index (χ4n) is 4.39. The molecule has 0 heterocycles. The van der Waals surface area contributed by atoms with E-state index in [4.69, 9.17) is 4.74 Å². The summed E-state index contributed by atoms with van der Waals surface area (Å²) < 4.78 is 7.36. The average molecular weight is 857 g/mol. The lowest BCUT2D eigenvalue weighted by Crippen LogP contribution is -2.50. The lowest BCUT2D eigenvalue weighted by atomic mass is 10.0. The van der Waals surface area contributed by atoms with Crippen LogP contribution in [0, 0.1) is 14.1 Å². The molecule has 1 atom stereocenters. The molecule has 0 aromatic heterocycles. The predicted octanol–water partition coefficient (Wildman–Crippen LogP) is 1.94. The van der Waals surface area contributed by atoms with Crippen LogP contribution in [0.25, 0.3) is 0 Å². The van der Waals surface area contributed by atoms with E-state index in [2.05, 4.69) is 45.2 Å². The van der Waals surface area contributed by atoms with Crippen molar-refractivity contribution in [2.75, 3.05) is 52.4 Å². The number of phenolic OH excluding ortho intramolecular Hbond substituents is 1. The van der Waals surface area contributed by atoms with Gasteiger partial charge in [-0.3, -0.25) is 38.7 Å². The van der Waals surface area contributed by atoms with Crippen LogP contribution in [0.5, 0.6) is 17.2 Å². The van der Waals surface area contributed by atoms with Crippen LogP contribution in [-0.2, 0) is 30.4 Å². The largest absolute Gasteiger partial charge is 0.508 e. The Morgan fingerprint density at radius 1 is 0.733 bits per heavy atom. The van der Waals surface area contributed by atoms with Crippen molar-refractivity contribution in [3.63, 3.8) is 0 Å². The maximum atomic E-state index is 12.6. The van der Waals surface area contributed by atoms with E-state index >= 15 is 0 Å². The van der Waals surface area contributed by atoms with Crippen molar-refractivity contribution in [3.8, 4) is 17.2 Å². The van der Waals surface area contributed by atoms with Crippen molar-refractivity contribution < 1.29 is 59.3 Å². The molecule has 0 radical (unpaired) electrons. The van der Waals surface area contributed by atoms with E-state index in [0.717, 1.165) is 9.80 Å². The Kier molecular flexibility index (Phi) is 15.2. The molecule has 1 unspecified atom stereocenters. The van der Waals surface area contributed by atoms with Gasteiger partial charge in [-0.2, -0.15) is 0 Å². The summed E-state index contributed by atoms with van der Waals surface area (Å²) in [6.45, 7) is -1.23. The van der Waals surface area contributed by atoms with Gasteiger partial charge in [-0.25, -0.2) is 0 Å². The minimum absolute atomic E-state index is 0.0460. The minimum Gasteiger partial charge on any atom is -0.508 e. The number of rotatable bonds is 20. The van der Waals surface area contributed by atoms with Gasteiger partial charge < -0.3 is 35.4 Å². The smallest absolute Gasteiger partial charge is 0.321 e. The summed E-state index contributed by atoms with van der Waals surface area (Å²) in [6.07, 6.45) is -0.0460. The Morgan fingerprint density at radius 2 is 1.18 bits per heavy atom. The van der Waals surface area contributed by atoms with Gasteiger partial charge >= 0.3 is 29.8 Å². The van der Waals surface area contributed by atoms with Crippen LogP contribution in [-0.4, -0.2) is 134 Å². The first-order valence-corrected chi connectivity index (χ1v) is 15.5. The zero-order chi connectivity index (χ0) is 33.8. The third kappa shape index (κ3) is 13.3. The zero-order valence-electron chi connectivity index (χ0n) is 24.1. The van der Waals surface area contributed by atoms with E-state index in [0.29, 0.717) is 29.8 Å². The standard InChI is InChI=1S/C28H33I2N3O12/c1-16-8-18(2-3-22(16)34)45-27-19(29)9-17(10-20(27)30)11-21(28(43)44)33(6-4-31(12-23(35)36)13-24(37)38)7-5-32(14-25(39)40)15-26(41)42/h2-3,8-10,21,34H,4-7,11-15H2,1H3,(H,35,36)(H,37,38)(H,39,40)(H,41,42)(H,43,44). The Balaban J connectivity index is 2.38. The molecule has 0 amide bonds. The maximum Gasteiger partial charge on any atom is 0.321 e. The number of carboxylic acid groups (broad SMARTS) is 5. The van der Waals surface area contributed by atoms with Crippen LogP contribution < -0.4 is 4.74 Å². The quantitative estimate of drug-likeness (QED) is 0.105. The van der Waals surface area contributed by atoms with Crippen molar-refractivity contribution in [1.82, 2.24) is 14.7 Å². The van der Waals surface area contributed by atoms with Gasteiger partial charge in [0.15, 0.2) is 5.75 Å². The molecular weight excluding hydrogens is 824 g/mol. The summed E-state index contributed by atoms with van der Waals surface area (Å²) in [4.78, 5) is 61.4. The van der Waals surface area contributed by atoms with Gasteiger partial charge in [0.2, 0.25) is 0 Å². The van der Waals surface area contributed by atoms with E-state index in [-0.39, 0.29) is 38.3 Å². The summed E-state index contributed by atoms with van der Waals surface area (Å²) in [6, 6.07) is 7.04. The molecule has 0 spiro atoms. The van der Waals surface area contributed by atoms with Crippen LogP contribution in [0.1, 0.15) is 11.1 Å². The number of nitrogens with zero attached hydrogens (tertiary/aromatic N) is 3.